The smallest absolute Gasteiger partial charge is 0.425 e. The Hall–Kier alpha value is -3.29. The molecular formula is C24H24F3N3O2. The van der Waals surface area contributed by atoms with E-state index in [0.717, 1.165) is 24.6 Å². The van der Waals surface area contributed by atoms with Crippen molar-refractivity contribution >= 4 is 5.57 Å². The summed E-state index contributed by atoms with van der Waals surface area (Å²) in [5, 5.41) is 4.10. The minimum Gasteiger partial charge on any atom is -0.481 e. The number of ether oxygens (including phenoxy) is 1. The maximum atomic E-state index is 12.8. The normalized spacial score (nSPS) is 19.5. The minimum absolute atomic E-state index is 0.161. The van der Waals surface area contributed by atoms with Gasteiger partial charge in [-0.3, -0.25) is 0 Å². The van der Waals surface area contributed by atoms with E-state index in [9.17, 15) is 13.2 Å². The van der Waals surface area contributed by atoms with E-state index in [4.69, 9.17) is 9.26 Å². The van der Waals surface area contributed by atoms with Crippen molar-refractivity contribution in [2.75, 3.05) is 0 Å². The Morgan fingerprint density at radius 3 is 2.75 bits per heavy atom. The molecule has 0 N–H and O–H groups in total. The summed E-state index contributed by atoms with van der Waals surface area (Å²) in [5.41, 5.74) is 4.20. The fraction of sp³-hybridized carbons (Fsp3) is 0.333. The number of rotatable bonds is 4. The van der Waals surface area contributed by atoms with Crippen LogP contribution >= 0.6 is 0 Å². The van der Waals surface area contributed by atoms with Crippen molar-refractivity contribution in [3.8, 4) is 17.2 Å². The molecule has 2 aromatic rings. The number of hydrogen-bond acceptors (Lipinski definition) is 5. The van der Waals surface area contributed by atoms with Gasteiger partial charge in [-0.2, -0.15) is 18.2 Å². The first kappa shape index (κ1) is 21.9. The number of nitrogens with zero attached hydrogens (tertiary/aromatic N) is 3. The number of aromatic nitrogens is 2. The van der Waals surface area contributed by atoms with E-state index in [1.165, 1.54) is 11.8 Å². The van der Waals surface area contributed by atoms with Crippen LogP contribution in [0.4, 0.5) is 13.2 Å². The Kier molecular flexibility index (Phi) is 5.71. The highest BCUT2D eigenvalue weighted by molar-refractivity contribution is 5.74. The van der Waals surface area contributed by atoms with Gasteiger partial charge in [-0.15, -0.1) is 0 Å². The molecule has 1 aromatic carbocycles. The van der Waals surface area contributed by atoms with Gasteiger partial charge in [0.15, 0.2) is 6.10 Å². The van der Waals surface area contributed by atoms with Crippen LogP contribution in [0.1, 0.15) is 38.6 Å². The van der Waals surface area contributed by atoms with Crippen molar-refractivity contribution in [2.24, 2.45) is 5.92 Å². The number of hydrogen-bond donors (Lipinski definition) is 0. The maximum absolute atomic E-state index is 12.8. The molecule has 2 aliphatic rings. The zero-order chi connectivity index (χ0) is 23.0. The average Bonchev–Trinajstić information content (AvgIpc) is 3.17. The summed E-state index contributed by atoms with van der Waals surface area (Å²) in [6.45, 7) is 6.92. The first-order chi connectivity index (χ1) is 15.1. The van der Waals surface area contributed by atoms with E-state index in [2.05, 4.69) is 41.0 Å². The van der Waals surface area contributed by atoms with E-state index in [1.807, 2.05) is 18.4 Å². The number of alkyl halides is 3. The van der Waals surface area contributed by atoms with Gasteiger partial charge in [0.25, 0.3) is 5.89 Å². The standard InChI is InChI=1S/C24H24F3N3O2/c1-14-5-7-20-13-18(9-10-30(20)16(3)11-14)22-28-23(32-29-22)19-6-8-21(15(2)12-19)31-17(4)24(25,26)27/h6-14,17H,5H2,1-4H3. The summed E-state index contributed by atoms with van der Waals surface area (Å²) in [7, 11) is 0. The van der Waals surface area contributed by atoms with Crippen LogP contribution in [-0.2, 0) is 0 Å². The van der Waals surface area contributed by atoms with Gasteiger partial charge in [-0.25, -0.2) is 0 Å². The molecule has 2 aliphatic heterocycles. The van der Waals surface area contributed by atoms with Gasteiger partial charge in [0, 0.05) is 28.7 Å². The lowest BCUT2D eigenvalue weighted by atomic mass is 10.1. The first-order valence-corrected chi connectivity index (χ1v) is 10.4. The Labute approximate surface area is 184 Å². The molecule has 3 heterocycles. The van der Waals surface area contributed by atoms with Gasteiger partial charge < -0.3 is 14.2 Å². The number of benzene rings is 1. The number of halogens is 3. The van der Waals surface area contributed by atoms with Crippen LogP contribution in [0.2, 0.25) is 0 Å². The second kappa shape index (κ2) is 8.33. The lowest BCUT2D eigenvalue weighted by molar-refractivity contribution is -0.189. The van der Waals surface area contributed by atoms with Crippen molar-refractivity contribution in [1.29, 1.82) is 0 Å². The third-order valence-electron chi connectivity index (χ3n) is 5.46. The monoisotopic (exact) mass is 443 g/mol. The molecule has 0 aliphatic carbocycles. The van der Waals surface area contributed by atoms with Gasteiger partial charge in [0.05, 0.1) is 0 Å². The number of allylic oxidation sites excluding steroid dienone is 6. The molecule has 1 aromatic heterocycles. The zero-order valence-corrected chi connectivity index (χ0v) is 18.3. The Balaban J connectivity index is 1.55. The van der Waals surface area contributed by atoms with E-state index >= 15 is 0 Å². The molecule has 2 unspecified atom stereocenters. The molecular weight excluding hydrogens is 419 g/mol. The molecule has 32 heavy (non-hydrogen) atoms. The van der Waals surface area contributed by atoms with Crippen molar-refractivity contribution in [2.45, 2.75) is 46.4 Å². The predicted octanol–water partition coefficient (Wildman–Crippen LogP) is 6.41. The quantitative estimate of drug-likeness (QED) is 0.546. The molecule has 8 heteroatoms. The van der Waals surface area contributed by atoms with Gasteiger partial charge in [-0.1, -0.05) is 24.2 Å². The third-order valence-corrected chi connectivity index (χ3v) is 5.46. The molecule has 0 saturated heterocycles. The van der Waals surface area contributed by atoms with Gasteiger partial charge in [-0.05, 0) is 69.0 Å². The fourth-order valence-corrected chi connectivity index (χ4v) is 3.63. The summed E-state index contributed by atoms with van der Waals surface area (Å²) in [6, 6.07) is 4.77. The third kappa shape index (κ3) is 4.49. The minimum atomic E-state index is -4.43. The van der Waals surface area contributed by atoms with Crippen LogP contribution in [-0.4, -0.2) is 27.3 Å². The van der Waals surface area contributed by atoms with Gasteiger partial charge >= 0.3 is 6.18 Å². The lowest BCUT2D eigenvalue weighted by Crippen LogP contribution is -2.31. The van der Waals surface area contributed by atoms with Crippen molar-refractivity contribution in [3.05, 3.63) is 71.5 Å². The van der Waals surface area contributed by atoms with Crippen molar-refractivity contribution in [3.63, 3.8) is 0 Å². The van der Waals surface area contributed by atoms with Crippen LogP contribution in [0.15, 0.2) is 64.6 Å². The molecule has 5 nitrogen and oxygen atoms in total. The summed E-state index contributed by atoms with van der Waals surface area (Å²) >= 11 is 0. The fourth-order valence-electron chi connectivity index (χ4n) is 3.63. The van der Waals surface area contributed by atoms with Crippen LogP contribution in [0.25, 0.3) is 17.0 Å². The van der Waals surface area contributed by atoms with E-state index in [1.54, 1.807) is 19.1 Å². The molecule has 0 saturated carbocycles. The highest BCUT2D eigenvalue weighted by atomic mass is 19.4. The van der Waals surface area contributed by atoms with Crippen molar-refractivity contribution < 1.29 is 22.4 Å². The van der Waals surface area contributed by atoms with E-state index in [0.29, 0.717) is 22.9 Å². The highest BCUT2D eigenvalue weighted by Crippen LogP contribution is 2.32. The molecule has 168 valence electrons. The lowest BCUT2D eigenvalue weighted by Gasteiger charge is -2.24. The molecule has 0 spiro atoms. The molecule has 0 amide bonds. The molecule has 2 atom stereocenters. The largest absolute Gasteiger partial charge is 0.481 e. The first-order valence-electron chi connectivity index (χ1n) is 10.4. The summed E-state index contributed by atoms with van der Waals surface area (Å²) in [4.78, 5) is 6.61. The van der Waals surface area contributed by atoms with Crippen LogP contribution in [0.3, 0.4) is 0 Å². The number of aryl methyl sites for hydroxylation is 1. The molecule has 0 bridgehead atoms. The summed E-state index contributed by atoms with van der Waals surface area (Å²) in [5.74, 6) is 1.35. The molecule has 0 radical (unpaired) electrons. The molecule has 4 rings (SSSR count). The van der Waals surface area contributed by atoms with Crippen LogP contribution in [0, 0.1) is 12.8 Å². The van der Waals surface area contributed by atoms with Gasteiger partial charge in [0.1, 0.15) is 5.75 Å². The Morgan fingerprint density at radius 1 is 1.25 bits per heavy atom. The van der Waals surface area contributed by atoms with E-state index < -0.39 is 12.3 Å². The average molecular weight is 443 g/mol. The highest BCUT2D eigenvalue weighted by Gasteiger charge is 2.38. The van der Waals surface area contributed by atoms with Crippen molar-refractivity contribution in [1.82, 2.24) is 15.0 Å². The predicted molar refractivity (Wildman–Crippen MR) is 115 cm³/mol. The Bertz CT molecular complexity index is 1140. The zero-order valence-electron chi connectivity index (χ0n) is 18.3. The maximum Gasteiger partial charge on any atom is 0.425 e. The summed E-state index contributed by atoms with van der Waals surface area (Å²) < 4.78 is 48.8. The van der Waals surface area contributed by atoms with Gasteiger partial charge in [0.2, 0.25) is 5.82 Å². The second-order valence-electron chi connectivity index (χ2n) is 8.14. The molecule has 0 fully saturated rings. The van der Waals surface area contributed by atoms with Crippen LogP contribution < -0.4 is 4.74 Å². The van der Waals surface area contributed by atoms with E-state index in [-0.39, 0.29) is 11.6 Å². The topological polar surface area (TPSA) is 51.4 Å². The summed E-state index contributed by atoms with van der Waals surface area (Å²) in [6.07, 6.45) is 4.98. The SMILES string of the molecule is CC1=CC(C)CC=C2C=C(c3noc(-c4ccc(OC(C)C(F)(F)F)c(C)c4)n3)C=CN12. The van der Waals surface area contributed by atoms with Crippen LogP contribution in [0.5, 0.6) is 5.75 Å². The Morgan fingerprint density at radius 2 is 2.03 bits per heavy atom. The number of fused-ring (bicyclic) bond motifs is 1. The second-order valence-corrected chi connectivity index (χ2v) is 8.14.